The van der Waals surface area contributed by atoms with E-state index in [0.717, 1.165) is 46.5 Å². The minimum atomic E-state index is -3.18. The van der Waals surface area contributed by atoms with E-state index in [9.17, 15) is 8.42 Å². The number of nitrogens with one attached hydrogen (secondary N) is 2. The minimum Gasteiger partial charge on any atom is -0.361 e. The fourth-order valence-corrected chi connectivity index (χ4v) is 5.81. The first-order valence-corrected chi connectivity index (χ1v) is 13.1. The summed E-state index contributed by atoms with van der Waals surface area (Å²) < 4.78 is 25.7. The summed E-state index contributed by atoms with van der Waals surface area (Å²) in [5, 5.41) is 4.18. The second-order valence-corrected chi connectivity index (χ2v) is 10.9. The zero-order chi connectivity index (χ0) is 23.0. The summed E-state index contributed by atoms with van der Waals surface area (Å²) in [6.07, 6.45) is 18.6. The smallest absolute Gasteiger partial charge is 0.211 e. The molecule has 6 nitrogen and oxygen atoms in total. The van der Waals surface area contributed by atoms with Crippen LogP contribution < -0.4 is 5.32 Å². The first-order chi connectivity index (χ1) is 15.9. The molecular weight excluding hydrogens is 456 g/mol. The van der Waals surface area contributed by atoms with Crippen molar-refractivity contribution in [1.29, 1.82) is 0 Å². The lowest BCUT2D eigenvalue weighted by molar-refractivity contribution is 0.312. The van der Waals surface area contributed by atoms with E-state index >= 15 is 0 Å². The Morgan fingerprint density at radius 1 is 1.21 bits per heavy atom. The third kappa shape index (κ3) is 4.49. The molecule has 0 amide bonds. The number of allylic oxidation sites excluding steroid dienone is 5. The number of fused-ring (bicyclic) bond motifs is 2. The van der Waals surface area contributed by atoms with E-state index < -0.39 is 10.0 Å². The van der Waals surface area contributed by atoms with Crippen molar-refractivity contribution < 1.29 is 8.42 Å². The quantitative estimate of drug-likeness (QED) is 0.670. The van der Waals surface area contributed by atoms with Gasteiger partial charge in [0.1, 0.15) is 0 Å². The SMILES string of the molecule is CS(=O)(=O)N1CCC(C2=C3NC=CC=C3C(/C=C/c3cnc[nH]3)=Cc3cc(Cl)ccc32)CC1. The summed E-state index contributed by atoms with van der Waals surface area (Å²) in [5.74, 6) is 0.227. The Balaban J connectivity index is 1.61. The van der Waals surface area contributed by atoms with Gasteiger partial charge in [-0.25, -0.2) is 17.7 Å². The standard InChI is InChI=1S/C25H25ClN4O2S/c1-33(31,32)30-11-8-17(9-12-30)24-22-7-5-20(26)14-19(22)13-18(4-6-21-15-27-16-29-21)23-3-2-10-28-25(23)24/h2-7,10,13-17,28H,8-9,11-12H2,1H3,(H,27,29)/b6-4+. The van der Waals surface area contributed by atoms with Crippen LogP contribution in [0.4, 0.5) is 0 Å². The van der Waals surface area contributed by atoms with Crippen molar-refractivity contribution in [1.82, 2.24) is 19.6 Å². The number of nitrogens with zero attached hydrogens (tertiary/aromatic N) is 2. The first kappa shape index (κ1) is 21.9. The summed E-state index contributed by atoms with van der Waals surface area (Å²) in [6.45, 7) is 1.05. The van der Waals surface area contributed by atoms with E-state index in [1.54, 1.807) is 16.8 Å². The molecule has 1 fully saturated rings. The predicted molar refractivity (Wildman–Crippen MR) is 133 cm³/mol. The fraction of sp³-hybridized carbons (Fsp3) is 0.240. The van der Waals surface area contributed by atoms with Gasteiger partial charge in [-0.15, -0.1) is 0 Å². The topological polar surface area (TPSA) is 78.1 Å². The van der Waals surface area contributed by atoms with Gasteiger partial charge in [-0.05, 0) is 71.4 Å². The van der Waals surface area contributed by atoms with Crippen molar-refractivity contribution in [3.63, 3.8) is 0 Å². The molecule has 2 N–H and O–H groups in total. The monoisotopic (exact) mass is 480 g/mol. The second kappa shape index (κ2) is 8.82. The Labute approximate surface area is 199 Å². The second-order valence-electron chi connectivity index (χ2n) is 8.48. The molecule has 3 heterocycles. The van der Waals surface area contributed by atoms with Crippen molar-refractivity contribution in [2.45, 2.75) is 12.8 Å². The highest BCUT2D eigenvalue weighted by molar-refractivity contribution is 7.88. The summed E-state index contributed by atoms with van der Waals surface area (Å²) in [4.78, 5) is 7.20. The summed E-state index contributed by atoms with van der Waals surface area (Å²) in [5.41, 5.74) is 7.54. The molecule has 2 aromatic rings. The summed E-state index contributed by atoms with van der Waals surface area (Å²) >= 11 is 6.40. The van der Waals surface area contributed by atoms with Crippen LogP contribution in [0.2, 0.25) is 5.02 Å². The third-order valence-electron chi connectivity index (χ3n) is 6.34. The first-order valence-electron chi connectivity index (χ1n) is 10.9. The maximum atomic E-state index is 12.0. The van der Waals surface area contributed by atoms with Crippen LogP contribution in [0.5, 0.6) is 0 Å². The van der Waals surface area contributed by atoms with Crippen LogP contribution in [0.1, 0.15) is 29.7 Å². The lowest BCUT2D eigenvalue weighted by Gasteiger charge is -2.33. The number of halogens is 1. The number of imidazole rings is 1. The normalized spacial score (nSPS) is 19.6. The Morgan fingerprint density at radius 3 is 2.76 bits per heavy atom. The molecular formula is C25H25ClN4O2S. The molecule has 8 heteroatoms. The summed E-state index contributed by atoms with van der Waals surface area (Å²) in [6, 6.07) is 6.00. The Bertz CT molecular complexity index is 1330. The molecule has 2 aliphatic heterocycles. The molecule has 0 radical (unpaired) electrons. The van der Waals surface area contributed by atoms with Crippen LogP contribution >= 0.6 is 11.6 Å². The number of piperidine rings is 1. The molecule has 1 aromatic heterocycles. The van der Waals surface area contributed by atoms with Gasteiger partial charge in [-0.2, -0.15) is 0 Å². The van der Waals surface area contributed by atoms with Gasteiger partial charge < -0.3 is 10.3 Å². The van der Waals surface area contributed by atoms with Crippen molar-refractivity contribution in [2.24, 2.45) is 5.92 Å². The van der Waals surface area contributed by atoms with Crippen LogP contribution in [-0.4, -0.2) is 42.0 Å². The maximum absolute atomic E-state index is 12.0. The van der Waals surface area contributed by atoms with E-state index in [-0.39, 0.29) is 5.92 Å². The van der Waals surface area contributed by atoms with Gasteiger partial charge in [0.2, 0.25) is 10.0 Å². The van der Waals surface area contributed by atoms with E-state index in [1.807, 2.05) is 30.5 Å². The number of hydrogen-bond donors (Lipinski definition) is 2. The van der Waals surface area contributed by atoms with Crippen LogP contribution in [-0.2, 0) is 10.0 Å². The molecule has 0 atom stereocenters. The largest absolute Gasteiger partial charge is 0.361 e. The number of dihydropyridines is 1. The van der Waals surface area contributed by atoms with Gasteiger partial charge >= 0.3 is 0 Å². The number of benzene rings is 1. The number of H-pyrrole nitrogens is 1. The van der Waals surface area contributed by atoms with E-state index in [2.05, 4.69) is 39.6 Å². The van der Waals surface area contributed by atoms with E-state index in [4.69, 9.17) is 11.6 Å². The average Bonchev–Trinajstić information content (AvgIpc) is 3.27. The number of rotatable bonds is 4. The molecule has 0 saturated carbocycles. The number of aromatic amines is 1. The highest BCUT2D eigenvalue weighted by Gasteiger charge is 2.32. The Hall–Kier alpha value is -2.87. The van der Waals surface area contributed by atoms with Crippen LogP contribution in [0, 0.1) is 5.92 Å². The molecule has 1 aromatic carbocycles. The van der Waals surface area contributed by atoms with Crippen LogP contribution in [0.25, 0.3) is 17.7 Å². The molecule has 0 unspecified atom stereocenters. The Kier molecular flexibility index (Phi) is 5.86. The molecule has 0 bridgehead atoms. The molecule has 0 spiro atoms. The molecule has 3 aliphatic rings. The predicted octanol–water partition coefficient (Wildman–Crippen LogP) is 4.60. The highest BCUT2D eigenvalue weighted by atomic mass is 35.5. The van der Waals surface area contributed by atoms with Crippen LogP contribution in [0.3, 0.4) is 0 Å². The van der Waals surface area contributed by atoms with Gasteiger partial charge in [0.25, 0.3) is 0 Å². The van der Waals surface area contributed by atoms with Gasteiger partial charge in [0.05, 0.1) is 30.2 Å². The lowest BCUT2D eigenvalue weighted by Crippen LogP contribution is -2.38. The van der Waals surface area contributed by atoms with Crippen molar-refractivity contribution in [3.8, 4) is 0 Å². The number of sulfonamides is 1. The van der Waals surface area contributed by atoms with E-state index in [0.29, 0.717) is 18.1 Å². The van der Waals surface area contributed by atoms with Gasteiger partial charge in [0, 0.05) is 29.9 Å². The van der Waals surface area contributed by atoms with E-state index in [1.165, 1.54) is 11.8 Å². The maximum Gasteiger partial charge on any atom is 0.211 e. The molecule has 170 valence electrons. The van der Waals surface area contributed by atoms with Gasteiger partial charge in [-0.1, -0.05) is 29.8 Å². The molecule has 33 heavy (non-hydrogen) atoms. The molecule has 5 rings (SSSR count). The summed E-state index contributed by atoms with van der Waals surface area (Å²) in [7, 11) is -3.18. The molecule has 1 aliphatic carbocycles. The van der Waals surface area contributed by atoms with Crippen LogP contribution in [0.15, 0.2) is 72.0 Å². The number of hydrogen-bond acceptors (Lipinski definition) is 4. The van der Waals surface area contributed by atoms with Gasteiger partial charge in [0.15, 0.2) is 0 Å². The zero-order valence-electron chi connectivity index (χ0n) is 18.3. The third-order valence-corrected chi connectivity index (χ3v) is 7.88. The molecule has 1 saturated heterocycles. The average molecular weight is 481 g/mol. The fourth-order valence-electron chi connectivity index (χ4n) is 4.75. The minimum absolute atomic E-state index is 0.227. The van der Waals surface area contributed by atoms with Gasteiger partial charge in [-0.3, -0.25) is 0 Å². The Morgan fingerprint density at radius 2 is 2.03 bits per heavy atom. The lowest BCUT2D eigenvalue weighted by atomic mass is 9.82. The van der Waals surface area contributed by atoms with Crippen molar-refractivity contribution in [2.75, 3.05) is 19.3 Å². The zero-order valence-corrected chi connectivity index (χ0v) is 19.8. The number of aromatic nitrogens is 2. The van der Waals surface area contributed by atoms with Crippen molar-refractivity contribution in [3.05, 3.63) is 93.8 Å². The highest BCUT2D eigenvalue weighted by Crippen LogP contribution is 2.43. The van der Waals surface area contributed by atoms with Crippen molar-refractivity contribution >= 4 is 39.3 Å².